The number of aromatic hydroxyl groups is 1. The molecule has 2 N–H and O–H groups in total. The zero-order valence-corrected chi connectivity index (χ0v) is 11.6. The number of hydrogen-bond donors (Lipinski definition) is 2. The molecule has 1 atom stereocenters. The molecule has 22 heavy (non-hydrogen) atoms. The SMILES string of the molecule is O=[N+]([O-])c1ccc(O)cc1[C@@H](CC(F)(F)F)N1CCNCC1. The van der Waals surface area contributed by atoms with E-state index in [1.807, 2.05) is 0 Å². The minimum Gasteiger partial charge on any atom is -0.508 e. The van der Waals surface area contributed by atoms with Gasteiger partial charge >= 0.3 is 6.18 Å². The van der Waals surface area contributed by atoms with Crippen molar-refractivity contribution in [1.29, 1.82) is 0 Å². The summed E-state index contributed by atoms with van der Waals surface area (Å²) in [6.07, 6.45) is -5.66. The van der Waals surface area contributed by atoms with Crippen LogP contribution in [0.25, 0.3) is 0 Å². The van der Waals surface area contributed by atoms with Crippen molar-refractivity contribution in [2.45, 2.75) is 18.6 Å². The molecule has 0 radical (unpaired) electrons. The molecule has 1 fully saturated rings. The average molecular weight is 319 g/mol. The van der Waals surface area contributed by atoms with Crippen molar-refractivity contribution in [2.75, 3.05) is 26.2 Å². The summed E-state index contributed by atoms with van der Waals surface area (Å²) in [6, 6.07) is 2.01. The van der Waals surface area contributed by atoms with Crippen molar-refractivity contribution in [3.8, 4) is 5.75 Å². The monoisotopic (exact) mass is 319 g/mol. The smallest absolute Gasteiger partial charge is 0.390 e. The average Bonchev–Trinajstić information content (AvgIpc) is 2.44. The Kier molecular flexibility index (Phi) is 4.87. The van der Waals surface area contributed by atoms with Gasteiger partial charge in [-0.2, -0.15) is 13.2 Å². The van der Waals surface area contributed by atoms with Crippen molar-refractivity contribution in [1.82, 2.24) is 10.2 Å². The fraction of sp³-hybridized carbons (Fsp3) is 0.538. The molecule has 0 amide bonds. The Labute approximate surface area is 124 Å². The van der Waals surface area contributed by atoms with Gasteiger partial charge in [0.2, 0.25) is 0 Å². The van der Waals surface area contributed by atoms with Crippen molar-refractivity contribution >= 4 is 5.69 Å². The van der Waals surface area contributed by atoms with Crippen molar-refractivity contribution in [3.63, 3.8) is 0 Å². The molecule has 1 aromatic carbocycles. The zero-order chi connectivity index (χ0) is 16.3. The number of alkyl halides is 3. The van der Waals surface area contributed by atoms with Gasteiger partial charge in [0, 0.05) is 32.2 Å². The van der Waals surface area contributed by atoms with Gasteiger partial charge in [0.1, 0.15) is 5.75 Å². The highest BCUT2D eigenvalue weighted by molar-refractivity contribution is 5.46. The van der Waals surface area contributed by atoms with Crippen LogP contribution < -0.4 is 5.32 Å². The predicted molar refractivity (Wildman–Crippen MR) is 72.6 cm³/mol. The molecule has 1 saturated heterocycles. The Bertz CT molecular complexity index is 545. The molecular weight excluding hydrogens is 303 g/mol. The summed E-state index contributed by atoms with van der Waals surface area (Å²) in [5.41, 5.74) is -0.519. The van der Waals surface area contributed by atoms with E-state index in [4.69, 9.17) is 0 Å². The van der Waals surface area contributed by atoms with Gasteiger partial charge in [-0.05, 0) is 12.1 Å². The highest BCUT2D eigenvalue weighted by Crippen LogP contribution is 2.39. The minimum atomic E-state index is -4.46. The standard InChI is InChI=1S/C13H16F3N3O3/c14-13(15,16)8-12(18-5-3-17-4-6-18)10-7-9(20)1-2-11(10)19(21)22/h1-2,7,12,17,20H,3-6,8H2/t12-/m1/s1. The first kappa shape index (κ1) is 16.5. The summed E-state index contributed by atoms with van der Waals surface area (Å²) in [5, 5.41) is 23.7. The molecule has 6 nitrogen and oxygen atoms in total. The van der Waals surface area contributed by atoms with Gasteiger partial charge in [-0.15, -0.1) is 0 Å². The number of phenolic OH excluding ortho intramolecular Hbond substituents is 1. The number of nitrogens with one attached hydrogen (secondary N) is 1. The molecule has 0 bridgehead atoms. The van der Waals surface area contributed by atoms with Crippen LogP contribution in [-0.4, -0.2) is 47.3 Å². The summed E-state index contributed by atoms with van der Waals surface area (Å²) in [7, 11) is 0. The molecule has 0 saturated carbocycles. The van der Waals surface area contributed by atoms with Gasteiger partial charge in [-0.25, -0.2) is 0 Å². The number of nitro benzene ring substituents is 1. The van der Waals surface area contributed by atoms with Crippen LogP contribution in [0, 0.1) is 10.1 Å². The summed E-state index contributed by atoms with van der Waals surface area (Å²) in [4.78, 5) is 11.9. The highest BCUT2D eigenvalue weighted by Gasteiger charge is 2.38. The Morgan fingerprint density at radius 1 is 1.36 bits per heavy atom. The van der Waals surface area contributed by atoms with Gasteiger partial charge in [0.05, 0.1) is 22.9 Å². The molecular formula is C13H16F3N3O3. The van der Waals surface area contributed by atoms with Crippen LogP contribution in [0.2, 0.25) is 0 Å². The van der Waals surface area contributed by atoms with E-state index in [1.54, 1.807) is 4.90 Å². The number of benzene rings is 1. The van der Waals surface area contributed by atoms with E-state index in [0.717, 1.165) is 18.2 Å². The molecule has 0 aromatic heterocycles. The first-order chi connectivity index (χ1) is 10.3. The number of piperazine rings is 1. The van der Waals surface area contributed by atoms with E-state index in [-0.39, 0.29) is 11.3 Å². The van der Waals surface area contributed by atoms with Crippen LogP contribution in [-0.2, 0) is 0 Å². The lowest BCUT2D eigenvalue weighted by Gasteiger charge is -2.35. The van der Waals surface area contributed by atoms with E-state index in [2.05, 4.69) is 5.32 Å². The van der Waals surface area contributed by atoms with E-state index >= 15 is 0 Å². The van der Waals surface area contributed by atoms with Gasteiger partial charge in [0.15, 0.2) is 0 Å². The minimum absolute atomic E-state index is 0.107. The van der Waals surface area contributed by atoms with Crippen LogP contribution in [0.5, 0.6) is 5.75 Å². The third kappa shape index (κ3) is 4.08. The first-order valence-electron chi connectivity index (χ1n) is 6.77. The van der Waals surface area contributed by atoms with E-state index < -0.39 is 29.2 Å². The maximum atomic E-state index is 12.9. The molecule has 0 spiro atoms. The lowest BCUT2D eigenvalue weighted by molar-refractivity contribution is -0.386. The summed E-state index contributed by atoms with van der Waals surface area (Å²) < 4.78 is 38.7. The predicted octanol–water partition coefficient (Wildman–Crippen LogP) is 2.20. The lowest BCUT2D eigenvalue weighted by atomic mass is 9.98. The van der Waals surface area contributed by atoms with E-state index in [1.165, 1.54) is 0 Å². The van der Waals surface area contributed by atoms with Gasteiger partial charge in [-0.3, -0.25) is 15.0 Å². The third-order valence-electron chi connectivity index (χ3n) is 3.58. The fourth-order valence-corrected chi connectivity index (χ4v) is 2.62. The van der Waals surface area contributed by atoms with Crippen molar-refractivity contribution in [3.05, 3.63) is 33.9 Å². The molecule has 0 aliphatic carbocycles. The van der Waals surface area contributed by atoms with E-state index in [9.17, 15) is 28.4 Å². The normalized spacial score (nSPS) is 18.1. The number of rotatable bonds is 4. The Hall–Kier alpha value is -1.87. The third-order valence-corrected chi connectivity index (χ3v) is 3.58. The van der Waals surface area contributed by atoms with Gasteiger partial charge < -0.3 is 10.4 Å². The topological polar surface area (TPSA) is 78.6 Å². The second-order valence-electron chi connectivity index (χ2n) is 5.12. The van der Waals surface area contributed by atoms with E-state index in [0.29, 0.717) is 26.2 Å². The molecule has 122 valence electrons. The first-order valence-corrected chi connectivity index (χ1v) is 6.77. The summed E-state index contributed by atoms with van der Waals surface area (Å²) in [6.45, 7) is 1.74. The molecule has 2 rings (SSSR count). The highest BCUT2D eigenvalue weighted by atomic mass is 19.4. The summed E-state index contributed by atoms with van der Waals surface area (Å²) >= 11 is 0. The summed E-state index contributed by atoms with van der Waals surface area (Å²) in [5.74, 6) is -0.289. The van der Waals surface area contributed by atoms with Crippen LogP contribution in [0.1, 0.15) is 18.0 Å². The van der Waals surface area contributed by atoms with Crippen molar-refractivity contribution < 1.29 is 23.2 Å². The largest absolute Gasteiger partial charge is 0.508 e. The number of halogens is 3. The van der Waals surface area contributed by atoms with Crippen molar-refractivity contribution in [2.24, 2.45) is 0 Å². The number of phenols is 1. The van der Waals surface area contributed by atoms with Gasteiger partial charge in [-0.1, -0.05) is 0 Å². The van der Waals surface area contributed by atoms with Crippen LogP contribution >= 0.6 is 0 Å². The quantitative estimate of drug-likeness (QED) is 0.657. The second kappa shape index (κ2) is 6.49. The zero-order valence-electron chi connectivity index (χ0n) is 11.6. The van der Waals surface area contributed by atoms with Crippen LogP contribution in [0.15, 0.2) is 18.2 Å². The molecule has 0 unspecified atom stereocenters. The molecule has 1 aliphatic rings. The maximum Gasteiger partial charge on any atom is 0.390 e. The number of hydrogen-bond acceptors (Lipinski definition) is 5. The Morgan fingerprint density at radius 3 is 2.55 bits per heavy atom. The molecule has 1 aliphatic heterocycles. The second-order valence-corrected chi connectivity index (χ2v) is 5.12. The maximum absolute atomic E-state index is 12.9. The Morgan fingerprint density at radius 2 is 2.00 bits per heavy atom. The van der Waals surface area contributed by atoms with Gasteiger partial charge in [0.25, 0.3) is 5.69 Å². The Balaban J connectivity index is 2.43. The molecule has 9 heteroatoms. The fourth-order valence-electron chi connectivity index (χ4n) is 2.62. The number of nitrogens with zero attached hydrogens (tertiary/aromatic N) is 2. The number of nitro groups is 1. The lowest BCUT2D eigenvalue weighted by Crippen LogP contribution is -2.46. The van der Waals surface area contributed by atoms with Crippen LogP contribution in [0.3, 0.4) is 0 Å². The molecule has 1 heterocycles. The van der Waals surface area contributed by atoms with Crippen LogP contribution in [0.4, 0.5) is 18.9 Å². The molecule has 1 aromatic rings.